The molecule has 2 heterocycles. The quantitative estimate of drug-likeness (QED) is 0.339. The maximum absolute atomic E-state index is 5.20. The second-order valence-electron chi connectivity index (χ2n) is 6.20. The summed E-state index contributed by atoms with van der Waals surface area (Å²) in [6.07, 6.45) is 3.44. The van der Waals surface area contributed by atoms with E-state index in [4.69, 9.17) is 4.74 Å². The van der Waals surface area contributed by atoms with Crippen LogP contribution in [0.4, 0.5) is 0 Å². The van der Waals surface area contributed by atoms with Crippen LogP contribution in [0.5, 0.6) is 0 Å². The lowest BCUT2D eigenvalue weighted by molar-refractivity contribution is 0.141. The summed E-state index contributed by atoms with van der Waals surface area (Å²) in [7, 11) is 3.59. The number of methoxy groups -OCH3 is 1. The second kappa shape index (κ2) is 12.0. The van der Waals surface area contributed by atoms with Gasteiger partial charge in [0.25, 0.3) is 0 Å². The number of aromatic nitrogens is 1. The first-order valence-electron chi connectivity index (χ1n) is 8.74. The standard InChI is InChI=1S/C17H31N5OS.HI/c1-13-14(2)24-16(21-13)7-8-19-17(18-3)20-12-15-6-5-9-22(15)10-11-23-4;/h15H,5-12H2,1-4H3,(H2,18,19,20);1H. The summed E-state index contributed by atoms with van der Waals surface area (Å²) >= 11 is 1.79. The van der Waals surface area contributed by atoms with Crippen LogP contribution in [-0.4, -0.2) is 68.8 Å². The summed E-state index contributed by atoms with van der Waals surface area (Å²) in [6, 6.07) is 0.572. The van der Waals surface area contributed by atoms with Crippen LogP contribution in [0.2, 0.25) is 0 Å². The predicted molar refractivity (Wildman–Crippen MR) is 117 cm³/mol. The van der Waals surface area contributed by atoms with Crippen molar-refractivity contribution in [2.24, 2.45) is 4.99 Å². The van der Waals surface area contributed by atoms with Crippen molar-refractivity contribution in [3.63, 3.8) is 0 Å². The van der Waals surface area contributed by atoms with E-state index in [1.807, 2.05) is 7.05 Å². The molecule has 1 aliphatic heterocycles. The van der Waals surface area contributed by atoms with Gasteiger partial charge < -0.3 is 15.4 Å². The molecule has 25 heavy (non-hydrogen) atoms. The van der Waals surface area contributed by atoms with Gasteiger partial charge >= 0.3 is 0 Å². The third kappa shape index (κ3) is 7.36. The molecule has 0 aliphatic carbocycles. The molecular formula is C17H32IN5OS. The number of aryl methyl sites for hydroxylation is 2. The van der Waals surface area contributed by atoms with E-state index < -0.39 is 0 Å². The van der Waals surface area contributed by atoms with Crippen molar-refractivity contribution in [2.75, 3.05) is 46.9 Å². The Bertz CT molecular complexity index is 518. The minimum atomic E-state index is 0. The van der Waals surface area contributed by atoms with Crippen molar-refractivity contribution in [3.05, 3.63) is 15.6 Å². The number of nitrogens with one attached hydrogen (secondary N) is 2. The molecule has 1 atom stereocenters. The van der Waals surface area contributed by atoms with E-state index in [-0.39, 0.29) is 24.0 Å². The lowest BCUT2D eigenvalue weighted by Gasteiger charge is -2.25. The molecule has 1 fully saturated rings. The molecule has 1 saturated heterocycles. The number of aliphatic imine (C=N–C) groups is 1. The Labute approximate surface area is 172 Å². The summed E-state index contributed by atoms with van der Waals surface area (Å²) in [5.74, 6) is 0.874. The molecule has 8 heteroatoms. The summed E-state index contributed by atoms with van der Waals surface area (Å²) in [4.78, 5) is 12.7. The molecule has 0 radical (unpaired) electrons. The molecular weight excluding hydrogens is 449 g/mol. The summed E-state index contributed by atoms with van der Waals surface area (Å²) in [5, 5.41) is 8.04. The average molecular weight is 481 g/mol. The van der Waals surface area contributed by atoms with Gasteiger partial charge in [-0.25, -0.2) is 4.98 Å². The Hall–Kier alpha value is -0.450. The van der Waals surface area contributed by atoms with Crippen LogP contribution in [0.25, 0.3) is 0 Å². The Morgan fingerprint density at radius 1 is 1.40 bits per heavy atom. The zero-order valence-electron chi connectivity index (χ0n) is 15.8. The Balaban J connectivity index is 0.00000312. The molecule has 1 aliphatic rings. The number of nitrogens with zero attached hydrogens (tertiary/aromatic N) is 3. The highest BCUT2D eigenvalue weighted by Gasteiger charge is 2.23. The molecule has 1 unspecified atom stereocenters. The van der Waals surface area contributed by atoms with E-state index in [0.717, 1.165) is 44.3 Å². The van der Waals surface area contributed by atoms with Crippen molar-refractivity contribution in [2.45, 2.75) is 39.2 Å². The first-order chi connectivity index (χ1) is 11.6. The van der Waals surface area contributed by atoms with Crippen molar-refractivity contribution in [1.29, 1.82) is 0 Å². The molecule has 0 amide bonds. The normalized spacial score (nSPS) is 18.2. The van der Waals surface area contributed by atoms with E-state index >= 15 is 0 Å². The summed E-state index contributed by atoms with van der Waals surface area (Å²) in [5.41, 5.74) is 1.15. The molecule has 1 aromatic heterocycles. The number of hydrogen-bond acceptors (Lipinski definition) is 5. The fourth-order valence-electron chi connectivity index (χ4n) is 3.00. The van der Waals surface area contributed by atoms with Gasteiger partial charge in [0.05, 0.1) is 17.3 Å². The van der Waals surface area contributed by atoms with E-state index in [0.29, 0.717) is 6.04 Å². The fourth-order valence-corrected chi connectivity index (χ4v) is 3.93. The van der Waals surface area contributed by atoms with Crippen LogP contribution < -0.4 is 10.6 Å². The molecule has 0 saturated carbocycles. The van der Waals surface area contributed by atoms with Crippen molar-refractivity contribution >= 4 is 41.3 Å². The topological polar surface area (TPSA) is 61.8 Å². The van der Waals surface area contributed by atoms with Crippen molar-refractivity contribution < 1.29 is 4.74 Å². The van der Waals surface area contributed by atoms with Crippen LogP contribution in [0, 0.1) is 13.8 Å². The van der Waals surface area contributed by atoms with Gasteiger partial charge in [-0.3, -0.25) is 9.89 Å². The van der Waals surface area contributed by atoms with Gasteiger partial charge in [0.1, 0.15) is 0 Å². The Kier molecular flexibility index (Phi) is 10.9. The maximum atomic E-state index is 5.20. The highest BCUT2D eigenvalue weighted by molar-refractivity contribution is 14.0. The molecule has 0 spiro atoms. The van der Waals surface area contributed by atoms with E-state index in [9.17, 15) is 0 Å². The highest BCUT2D eigenvalue weighted by atomic mass is 127. The second-order valence-corrected chi connectivity index (χ2v) is 7.49. The van der Waals surface area contributed by atoms with E-state index in [1.54, 1.807) is 18.4 Å². The van der Waals surface area contributed by atoms with E-state index in [2.05, 4.69) is 39.4 Å². The minimum Gasteiger partial charge on any atom is -0.383 e. The maximum Gasteiger partial charge on any atom is 0.191 e. The summed E-state index contributed by atoms with van der Waals surface area (Å²) in [6.45, 7) is 8.96. The Morgan fingerprint density at radius 3 is 2.84 bits per heavy atom. The van der Waals surface area contributed by atoms with Gasteiger partial charge in [-0.2, -0.15) is 0 Å². The van der Waals surface area contributed by atoms with Crippen LogP contribution in [0.1, 0.15) is 28.4 Å². The highest BCUT2D eigenvalue weighted by Crippen LogP contribution is 2.17. The van der Waals surface area contributed by atoms with Crippen LogP contribution in [0.3, 0.4) is 0 Å². The predicted octanol–water partition coefficient (Wildman–Crippen LogP) is 2.20. The SMILES string of the molecule is CN=C(NCCc1nc(C)c(C)s1)NCC1CCCN1CCOC.I. The van der Waals surface area contributed by atoms with Gasteiger partial charge in [0.15, 0.2) is 5.96 Å². The van der Waals surface area contributed by atoms with Crippen LogP contribution in [-0.2, 0) is 11.2 Å². The fraction of sp³-hybridized carbons (Fsp3) is 0.765. The molecule has 6 nitrogen and oxygen atoms in total. The third-order valence-corrected chi connectivity index (χ3v) is 5.65. The molecule has 144 valence electrons. The molecule has 0 aromatic carbocycles. The molecule has 2 rings (SSSR count). The average Bonchev–Trinajstić information content (AvgIpc) is 3.15. The largest absolute Gasteiger partial charge is 0.383 e. The zero-order valence-corrected chi connectivity index (χ0v) is 18.9. The van der Waals surface area contributed by atoms with Crippen molar-refractivity contribution in [3.8, 4) is 0 Å². The number of hydrogen-bond donors (Lipinski definition) is 2. The van der Waals surface area contributed by atoms with Gasteiger partial charge in [-0.1, -0.05) is 0 Å². The molecule has 0 bridgehead atoms. The number of guanidine groups is 1. The Morgan fingerprint density at radius 2 is 2.20 bits per heavy atom. The van der Waals surface area contributed by atoms with Crippen LogP contribution >= 0.6 is 35.3 Å². The monoisotopic (exact) mass is 481 g/mol. The smallest absolute Gasteiger partial charge is 0.191 e. The van der Waals surface area contributed by atoms with Crippen LogP contribution in [0.15, 0.2) is 4.99 Å². The van der Waals surface area contributed by atoms with Gasteiger partial charge in [0, 0.05) is 51.1 Å². The number of likely N-dealkylation sites (tertiary alicyclic amines) is 1. The molecule has 1 aromatic rings. The number of ether oxygens (including phenoxy) is 1. The van der Waals surface area contributed by atoms with E-state index in [1.165, 1.54) is 29.3 Å². The first-order valence-corrected chi connectivity index (χ1v) is 9.56. The van der Waals surface area contributed by atoms with Gasteiger partial charge in [0.2, 0.25) is 0 Å². The number of rotatable bonds is 8. The number of thiazole rings is 1. The third-order valence-electron chi connectivity index (χ3n) is 4.51. The van der Waals surface area contributed by atoms with Crippen molar-refractivity contribution in [1.82, 2.24) is 20.5 Å². The summed E-state index contributed by atoms with van der Waals surface area (Å²) < 4.78 is 5.20. The lowest BCUT2D eigenvalue weighted by Crippen LogP contribution is -2.45. The number of halogens is 1. The molecule has 2 N–H and O–H groups in total. The van der Waals surface area contributed by atoms with Gasteiger partial charge in [-0.15, -0.1) is 35.3 Å². The van der Waals surface area contributed by atoms with Gasteiger partial charge in [-0.05, 0) is 33.2 Å². The first kappa shape index (κ1) is 22.6. The lowest BCUT2D eigenvalue weighted by atomic mass is 10.2. The zero-order chi connectivity index (χ0) is 17.4. The minimum absolute atomic E-state index is 0.